The van der Waals surface area contributed by atoms with Crippen molar-refractivity contribution in [2.75, 3.05) is 5.32 Å². The van der Waals surface area contributed by atoms with Gasteiger partial charge in [0.25, 0.3) is 5.91 Å². The van der Waals surface area contributed by atoms with Crippen molar-refractivity contribution in [1.82, 2.24) is 14.8 Å². The largest absolute Gasteiger partial charge is 0.322 e. The van der Waals surface area contributed by atoms with Crippen LogP contribution in [0.15, 0.2) is 72.4 Å². The zero-order valence-electron chi connectivity index (χ0n) is 15.4. The molecule has 1 atom stereocenters. The molecule has 1 N–H and O–H groups in total. The third kappa shape index (κ3) is 4.65. The first-order valence-electron chi connectivity index (χ1n) is 8.72. The molecule has 0 radical (unpaired) electrons. The number of amides is 1. The molecule has 0 spiro atoms. The summed E-state index contributed by atoms with van der Waals surface area (Å²) in [7, 11) is 0. The predicted octanol–water partition coefficient (Wildman–Crippen LogP) is 4.88. The topological polar surface area (TPSA) is 59.8 Å². The molecule has 1 aromatic heterocycles. The van der Waals surface area contributed by atoms with E-state index in [1.54, 1.807) is 23.9 Å². The minimum Gasteiger partial charge on any atom is -0.322 e. The highest BCUT2D eigenvalue weighted by Crippen LogP contribution is 2.35. The van der Waals surface area contributed by atoms with Crippen LogP contribution < -0.4 is 5.32 Å². The molecule has 3 aromatic rings. The van der Waals surface area contributed by atoms with Gasteiger partial charge >= 0.3 is 0 Å². The number of hydrogen-bond acceptors (Lipinski definition) is 4. The number of hydrogen-bond donors (Lipinski definition) is 1. The summed E-state index contributed by atoms with van der Waals surface area (Å²) in [6, 6.07) is 17.1. The summed E-state index contributed by atoms with van der Waals surface area (Å²) in [5.74, 6) is 0.753. The molecule has 0 bridgehead atoms. The Morgan fingerprint density at radius 1 is 1.22 bits per heavy atom. The van der Waals surface area contributed by atoms with Crippen LogP contribution in [-0.2, 0) is 6.54 Å². The van der Waals surface area contributed by atoms with Crippen LogP contribution in [0.5, 0.6) is 0 Å². The number of carbonyl (C=O) groups is 1. The Labute approximate surface area is 163 Å². The number of nitrogens with zero attached hydrogens (tertiary/aromatic N) is 3. The number of anilines is 1. The van der Waals surface area contributed by atoms with Crippen molar-refractivity contribution in [2.24, 2.45) is 0 Å². The second-order valence-corrected chi connectivity index (χ2v) is 7.44. The molecule has 2 aromatic carbocycles. The molecule has 0 saturated carbocycles. The summed E-state index contributed by atoms with van der Waals surface area (Å²) in [5, 5.41) is 12.4. The van der Waals surface area contributed by atoms with E-state index in [9.17, 15) is 4.79 Å². The number of aryl methyl sites for hydroxylation is 1. The molecule has 27 heavy (non-hydrogen) atoms. The monoisotopic (exact) mass is 378 g/mol. The van der Waals surface area contributed by atoms with Crippen molar-refractivity contribution in [3.8, 4) is 0 Å². The van der Waals surface area contributed by atoms with Crippen molar-refractivity contribution in [3.05, 3.63) is 84.2 Å². The first kappa shape index (κ1) is 18.9. The Morgan fingerprint density at radius 2 is 2.00 bits per heavy atom. The Morgan fingerprint density at radius 3 is 2.74 bits per heavy atom. The van der Waals surface area contributed by atoms with Gasteiger partial charge in [0.15, 0.2) is 5.16 Å². The molecule has 6 heteroatoms. The van der Waals surface area contributed by atoms with E-state index in [1.165, 1.54) is 0 Å². The average Bonchev–Trinajstić information content (AvgIpc) is 3.03. The van der Waals surface area contributed by atoms with Crippen molar-refractivity contribution < 1.29 is 4.79 Å². The van der Waals surface area contributed by atoms with Crippen LogP contribution in [0.1, 0.15) is 33.9 Å². The molecule has 0 aliphatic carbocycles. The van der Waals surface area contributed by atoms with Gasteiger partial charge in [-0.3, -0.25) is 4.79 Å². The fraction of sp³-hybridized carbons (Fsp3) is 0.190. The normalized spacial score (nSPS) is 11.8. The van der Waals surface area contributed by atoms with Gasteiger partial charge in [0, 0.05) is 23.0 Å². The van der Waals surface area contributed by atoms with Gasteiger partial charge in [-0.1, -0.05) is 48.2 Å². The minimum atomic E-state index is -0.116. The molecular formula is C21H22N4OS. The average molecular weight is 379 g/mol. The Hall–Kier alpha value is -2.86. The van der Waals surface area contributed by atoms with Crippen LogP contribution in [0.25, 0.3) is 0 Å². The first-order valence-corrected chi connectivity index (χ1v) is 9.60. The van der Waals surface area contributed by atoms with Gasteiger partial charge in [-0.25, -0.2) is 0 Å². The van der Waals surface area contributed by atoms with Crippen LogP contribution in [0, 0.1) is 6.92 Å². The van der Waals surface area contributed by atoms with Gasteiger partial charge < -0.3 is 9.88 Å². The van der Waals surface area contributed by atoms with E-state index in [4.69, 9.17) is 0 Å². The van der Waals surface area contributed by atoms with Crippen LogP contribution in [0.2, 0.25) is 0 Å². The molecule has 0 saturated heterocycles. The fourth-order valence-electron chi connectivity index (χ4n) is 2.68. The Kier molecular flexibility index (Phi) is 6.08. The first-order chi connectivity index (χ1) is 13.1. The van der Waals surface area contributed by atoms with E-state index >= 15 is 0 Å². The summed E-state index contributed by atoms with van der Waals surface area (Å²) >= 11 is 1.64. The third-order valence-electron chi connectivity index (χ3n) is 4.15. The Bertz CT molecular complexity index is 936. The molecule has 3 rings (SSSR count). The zero-order valence-corrected chi connectivity index (χ0v) is 16.2. The van der Waals surface area contributed by atoms with Crippen molar-refractivity contribution in [2.45, 2.75) is 30.8 Å². The molecule has 1 heterocycles. The molecule has 0 aliphatic heterocycles. The minimum absolute atomic E-state index is 0.116. The maximum Gasteiger partial charge on any atom is 0.255 e. The number of aromatic nitrogens is 3. The highest BCUT2D eigenvalue weighted by atomic mass is 32.2. The van der Waals surface area contributed by atoms with Crippen LogP contribution >= 0.6 is 11.8 Å². The molecule has 0 fully saturated rings. The third-order valence-corrected chi connectivity index (χ3v) is 5.28. The second-order valence-electron chi connectivity index (χ2n) is 6.13. The summed E-state index contributed by atoms with van der Waals surface area (Å²) < 4.78 is 2.04. The summed E-state index contributed by atoms with van der Waals surface area (Å²) in [4.78, 5) is 12.4. The number of allylic oxidation sites excluding steroid dienone is 1. The van der Waals surface area contributed by atoms with Gasteiger partial charge in [-0.2, -0.15) is 0 Å². The van der Waals surface area contributed by atoms with Crippen molar-refractivity contribution >= 4 is 23.4 Å². The summed E-state index contributed by atoms with van der Waals surface area (Å²) in [6.45, 7) is 8.53. The van der Waals surface area contributed by atoms with Crippen LogP contribution in [0.3, 0.4) is 0 Å². The smallest absolute Gasteiger partial charge is 0.255 e. The van der Waals surface area contributed by atoms with Gasteiger partial charge in [0.1, 0.15) is 5.82 Å². The van der Waals surface area contributed by atoms with E-state index in [2.05, 4.69) is 35.1 Å². The lowest BCUT2D eigenvalue weighted by atomic mass is 10.1. The van der Waals surface area contributed by atoms with E-state index in [-0.39, 0.29) is 11.2 Å². The van der Waals surface area contributed by atoms with Gasteiger partial charge in [-0.05, 0) is 43.7 Å². The standard InChI is InChI=1S/C21H22N4OS/c1-4-13-25-16(3)23-24-21(25)27-15(2)18-11-8-12-19(14-18)22-20(26)17-9-6-5-7-10-17/h4-12,14-15H,1,13H2,2-3H3,(H,22,26). The second kappa shape index (κ2) is 8.68. The zero-order chi connectivity index (χ0) is 19.2. The fourth-order valence-corrected chi connectivity index (χ4v) is 3.70. The van der Waals surface area contributed by atoms with Crippen molar-refractivity contribution in [1.29, 1.82) is 0 Å². The number of carbonyl (C=O) groups excluding carboxylic acids is 1. The van der Waals surface area contributed by atoms with E-state index in [1.807, 2.05) is 54.0 Å². The number of rotatable bonds is 7. The number of benzene rings is 2. The quantitative estimate of drug-likeness (QED) is 0.470. The maximum atomic E-state index is 12.4. The van der Waals surface area contributed by atoms with Gasteiger partial charge in [0.05, 0.1) is 0 Å². The van der Waals surface area contributed by atoms with Gasteiger partial charge in [-0.15, -0.1) is 16.8 Å². The predicted molar refractivity (Wildman–Crippen MR) is 110 cm³/mol. The number of thioether (sulfide) groups is 1. The van der Waals surface area contributed by atoms with E-state index in [0.29, 0.717) is 12.1 Å². The van der Waals surface area contributed by atoms with E-state index in [0.717, 1.165) is 22.2 Å². The Balaban J connectivity index is 1.73. The molecule has 5 nitrogen and oxygen atoms in total. The lowest BCUT2D eigenvalue weighted by molar-refractivity contribution is 0.102. The highest BCUT2D eigenvalue weighted by Gasteiger charge is 2.15. The summed E-state index contributed by atoms with van der Waals surface area (Å²) in [5.41, 5.74) is 2.52. The molecule has 1 unspecified atom stereocenters. The molecule has 138 valence electrons. The lowest BCUT2D eigenvalue weighted by Gasteiger charge is -2.14. The van der Waals surface area contributed by atoms with Gasteiger partial charge in [0.2, 0.25) is 0 Å². The van der Waals surface area contributed by atoms with Crippen molar-refractivity contribution in [3.63, 3.8) is 0 Å². The van der Waals surface area contributed by atoms with Crippen LogP contribution in [-0.4, -0.2) is 20.7 Å². The molecule has 1 amide bonds. The van der Waals surface area contributed by atoms with E-state index < -0.39 is 0 Å². The molecule has 0 aliphatic rings. The SMILES string of the molecule is C=CCn1c(C)nnc1SC(C)c1cccc(NC(=O)c2ccccc2)c1. The lowest BCUT2D eigenvalue weighted by Crippen LogP contribution is -2.11. The highest BCUT2D eigenvalue weighted by molar-refractivity contribution is 7.99. The summed E-state index contributed by atoms with van der Waals surface area (Å²) in [6.07, 6.45) is 1.84. The number of nitrogens with one attached hydrogen (secondary N) is 1. The van der Waals surface area contributed by atoms with Crippen LogP contribution in [0.4, 0.5) is 5.69 Å². The molecular weight excluding hydrogens is 356 g/mol. The maximum absolute atomic E-state index is 12.4.